The van der Waals surface area contributed by atoms with Gasteiger partial charge < -0.3 is 14.6 Å². The molecule has 1 aromatic carbocycles. The number of nitrogens with one attached hydrogen (secondary N) is 1. The largest absolute Gasteiger partial charge is 0.439 e. The molecule has 3 rings (SSSR count). The zero-order valence-electron chi connectivity index (χ0n) is 13.9. The van der Waals surface area contributed by atoms with E-state index in [0.717, 1.165) is 5.56 Å². The maximum atomic E-state index is 12.2. The normalized spacial score (nSPS) is 17.5. The summed E-state index contributed by atoms with van der Waals surface area (Å²) in [5.74, 6) is 0.719. The fourth-order valence-corrected chi connectivity index (χ4v) is 2.84. The Morgan fingerprint density at radius 1 is 1.38 bits per heavy atom. The highest BCUT2D eigenvalue weighted by Gasteiger charge is 2.35. The van der Waals surface area contributed by atoms with Crippen molar-refractivity contribution in [2.45, 2.75) is 32.9 Å². The molecule has 1 aliphatic rings. The molecule has 2 aromatic rings. The Morgan fingerprint density at radius 3 is 2.79 bits per heavy atom. The summed E-state index contributed by atoms with van der Waals surface area (Å²) in [6, 6.07) is 9.79. The minimum absolute atomic E-state index is 0.0348. The molecule has 6 nitrogen and oxygen atoms in total. The van der Waals surface area contributed by atoms with Crippen LogP contribution < -0.4 is 5.32 Å². The van der Waals surface area contributed by atoms with E-state index in [0.29, 0.717) is 18.2 Å². The number of aromatic nitrogens is 1. The van der Waals surface area contributed by atoms with Crippen molar-refractivity contribution in [3.05, 3.63) is 42.4 Å². The summed E-state index contributed by atoms with van der Waals surface area (Å²) >= 11 is 0. The smallest absolute Gasteiger partial charge is 0.225 e. The topological polar surface area (TPSA) is 75.4 Å². The number of amides is 2. The van der Waals surface area contributed by atoms with Gasteiger partial charge in [-0.3, -0.25) is 9.59 Å². The maximum absolute atomic E-state index is 12.2. The molecule has 0 radical (unpaired) electrons. The van der Waals surface area contributed by atoms with Crippen LogP contribution in [0.25, 0.3) is 11.3 Å². The van der Waals surface area contributed by atoms with E-state index in [1.54, 1.807) is 11.1 Å². The van der Waals surface area contributed by atoms with E-state index >= 15 is 0 Å². The first kappa shape index (κ1) is 16.2. The minimum Gasteiger partial charge on any atom is -0.439 e. The SMILES string of the molecule is CC(C)N1C[C@@H](C(=O)NCc2ncc(-c3ccccc3)o2)CC1=O. The Balaban J connectivity index is 1.56. The lowest BCUT2D eigenvalue weighted by Crippen LogP contribution is -2.35. The Kier molecular flexibility index (Phi) is 4.64. The van der Waals surface area contributed by atoms with E-state index in [1.807, 2.05) is 44.2 Å². The summed E-state index contributed by atoms with van der Waals surface area (Å²) in [7, 11) is 0. The number of benzene rings is 1. The van der Waals surface area contributed by atoms with E-state index < -0.39 is 0 Å². The van der Waals surface area contributed by atoms with Crippen molar-refractivity contribution in [2.75, 3.05) is 6.54 Å². The van der Waals surface area contributed by atoms with Gasteiger partial charge in [-0.05, 0) is 13.8 Å². The van der Waals surface area contributed by atoms with Crippen molar-refractivity contribution in [2.24, 2.45) is 5.92 Å². The lowest BCUT2D eigenvalue weighted by Gasteiger charge is -2.20. The van der Waals surface area contributed by atoms with Crippen molar-refractivity contribution in [3.8, 4) is 11.3 Å². The zero-order valence-corrected chi connectivity index (χ0v) is 13.9. The summed E-state index contributed by atoms with van der Waals surface area (Å²) < 4.78 is 5.66. The molecule has 0 unspecified atom stereocenters. The molecule has 1 fully saturated rings. The van der Waals surface area contributed by atoms with E-state index in [9.17, 15) is 9.59 Å². The number of likely N-dealkylation sites (tertiary alicyclic amines) is 1. The second kappa shape index (κ2) is 6.86. The Labute approximate surface area is 140 Å². The summed E-state index contributed by atoms with van der Waals surface area (Å²) in [5, 5.41) is 2.81. The third-order valence-corrected chi connectivity index (χ3v) is 4.18. The number of rotatable bonds is 5. The molecule has 0 spiro atoms. The van der Waals surface area contributed by atoms with E-state index in [4.69, 9.17) is 4.42 Å². The van der Waals surface area contributed by atoms with Gasteiger partial charge in [-0.15, -0.1) is 0 Å². The van der Waals surface area contributed by atoms with E-state index in [2.05, 4.69) is 10.3 Å². The lowest BCUT2D eigenvalue weighted by molar-refractivity contribution is -0.130. The van der Waals surface area contributed by atoms with Crippen LogP contribution in [0, 0.1) is 5.92 Å². The molecule has 2 heterocycles. The molecule has 126 valence electrons. The molecule has 1 atom stereocenters. The molecular formula is C18H21N3O3. The first-order chi connectivity index (χ1) is 11.5. The van der Waals surface area contributed by atoms with Crippen LogP contribution in [0.15, 0.2) is 40.9 Å². The highest BCUT2D eigenvalue weighted by molar-refractivity contribution is 5.89. The molecule has 1 aromatic heterocycles. The molecule has 1 N–H and O–H groups in total. The third kappa shape index (κ3) is 3.48. The van der Waals surface area contributed by atoms with Crippen LogP contribution in [-0.4, -0.2) is 34.3 Å². The van der Waals surface area contributed by atoms with Gasteiger partial charge in [0.1, 0.15) is 0 Å². The molecule has 1 aliphatic heterocycles. The van der Waals surface area contributed by atoms with Gasteiger partial charge in [0, 0.05) is 24.6 Å². The molecule has 1 saturated heterocycles. The number of carbonyl (C=O) groups is 2. The van der Waals surface area contributed by atoms with Crippen LogP contribution in [0.5, 0.6) is 0 Å². The second-order valence-corrected chi connectivity index (χ2v) is 6.24. The Morgan fingerprint density at radius 2 is 2.12 bits per heavy atom. The second-order valence-electron chi connectivity index (χ2n) is 6.24. The van der Waals surface area contributed by atoms with Crippen LogP contribution in [0.2, 0.25) is 0 Å². The van der Waals surface area contributed by atoms with Gasteiger partial charge in [0.05, 0.1) is 18.7 Å². The monoisotopic (exact) mass is 327 g/mol. The van der Waals surface area contributed by atoms with Gasteiger partial charge in [0.25, 0.3) is 0 Å². The number of hydrogen-bond acceptors (Lipinski definition) is 4. The number of oxazole rings is 1. The molecule has 24 heavy (non-hydrogen) atoms. The number of hydrogen-bond donors (Lipinski definition) is 1. The molecule has 0 saturated carbocycles. The van der Waals surface area contributed by atoms with Gasteiger partial charge >= 0.3 is 0 Å². The standard InChI is InChI=1S/C18H21N3O3/c1-12(2)21-11-14(8-17(21)22)18(23)20-10-16-19-9-15(24-16)13-6-4-3-5-7-13/h3-7,9,12,14H,8,10-11H2,1-2H3,(H,20,23)/t14-/m0/s1. The third-order valence-electron chi connectivity index (χ3n) is 4.18. The van der Waals surface area contributed by atoms with Crippen LogP contribution >= 0.6 is 0 Å². The van der Waals surface area contributed by atoms with Crippen LogP contribution in [-0.2, 0) is 16.1 Å². The first-order valence-electron chi connectivity index (χ1n) is 8.12. The Bertz CT molecular complexity index is 724. The van der Waals surface area contributed by atoms with Crippen molar-refractivity contribution in [3.63, 3.8) is 0 Å². The summed E-state index contributed by atoms with van der Waals surface area (Å²) in [6.07, 6.45) is 1.92. The average Bonchev–Trinajstić information content (AvgIpc) is 3.20. The molecule has 6 heteroatoms. The van der Waals surface area contributed by atoms with Crippen molar-refractivity contribution >= 4 is 11.8 Å². The first-order valence-corrected chi connectivity index (χ1v) is 8.12. The van der Waals surface area contributed by atoms with Gasteiger partial charge in [0.2, 0.25) is 17.7 Å². The summed E-state index contributed by atoms with van der Waals surface area (Å²) in [5.41, 5.74) is 0.941. The predicted molar refractivity (Wildman–Crippen MR) is 88.7 cm³/mol. The number of carbonyl (C=O) groups excluding carboxylic acids is 2. The fraction of sp³-hybridized carbons (Fsp3) is 0.389. The zero-order chi connectivity index (χ0) is 17.1. The fourth-order valence-electron chi connectivity index (χ4n) is 2.84. The van der Waals surface area contributed by atoms with Gasteiger partial charge in [-0.1, -0.05) is 30.3 Å². The molecule has 0 bridgehead atoms. The average molecular weight is 327 g/mol. The van der Waals surface area contributed by atoms with E-state index in [1.165, 1.54) is 0 Å². The quantitative estimate of drug-likeness (QED) is 0.913. The molecular weight excluding hydrogens is 306 g/mol. The lowest BCUT2D eigenvalue weighted by atomic mass is 10.1. The van der Waals surface area contributed by atoms with E-state index in [-0.39, 0.29) is 36.7 Å². The van der Waals surface area contributed by atoms with Crippen LogP contribution in [0.3, 0.4) is 0 Å². The molecule has 2 amide bonds. The van der Waals surface area contributed by atoms with Crippen molar-refractivity contribution < 1.29 is 14.0 Å². The summed E-state index contributed by atoms with van der Waals surface area (Å²) in [6.45, 7) is 4.60. The summed E-state index contributed by atoms with van der Waals surface area (Å²) in [4.78, 5) is 30.1. The van der Waals surface area contributed by atoms with Crippen LogP contribution in [0.4, 0.5) is 0 Å². The minimum atomic E-state index is -0.302. The van der Waals surface area contributed by atoms with Crippen LogP contribution in [0.1, 0.15) is 26.2 Å². The number of nitrogens with zero attached hydrogens (tertiary/aromatic N) is 2. The Hall–Kier alpha value is -2.63. The van der Waals surface area contributed by atoms with Crippen molar-refractivity contribution in [1.82, 2.24) is 15.2 Å². The van der Waals surface area contributed by atoms with Gasteiger partial charge in [-0.2, -0.15) is 0 Å². The maximum Gasteiger partial charge on any atom is 0.225 e. The van der Waals surface area contributed by atoms with Gasteiger partial charge in [0.15, 0.2) is 5.76 Å². The highest BCUT2D eigenvalue weighted by Crippen LogP contribution is 2.21. The highest BCUT2D eigenvalue weighted by atomic mass is 16.4. The van der Waals surface area contributed by atoms with Crippen molar-refractivity contribution in [1.29, 1.82) is 0 Å². The van der Waals surface area contributed by atoms with Gasteiger partial charge in [-0.25, -0.2) is 4.98 Å². The predicted octanol–water partition coefficient (Wildman–Crippen LogP) is 2.21. The molecule has 0 aliphatic carbocycles.